The van der Waals surface area contributed by atoms with Crippen molar-refractivity contribution in [1.82, 2.24) is 15.0 Å². The number of methoxy groups -OCH3 is 1. The van der Waals surface area contributed by atoms with Crippen molar-refractivity contribution in [2.75, 3.05) is 7.11 Å². The summed E-state index contributed by atoms with van der Waals surface area (Å²) in [5.41, 5.74) is 2.52. The molecule has 0 radical (unpaired) electrons. The van der Waals surface area contributed by atoms with Gasteiger partial charge in [-0.15, -0.1) is 11.3 Å². The van der Waals surface area contributed by atoms with E-state index in [1.54, 1.807) is 37.0 Å². The van der Waals surface area contributed by atoms with Crippen molar-refractivity contribution in [2.24, 2.45) is 0 Å². The van der Waals surface area contributed by atoms with E-state index < -0.39 is 0 Å². The fraction of sp³-hybridized carbons (Fsp3) is 0.105. The van der Waals surface area contributed by atoms with E-state index >= 15 is 0 Å². The molecular weight excluding hydrogens is 334 g/mol. The van der Waals surface area contributed by atoms with Crippen LogP contribution in [0.25, 0.3) is 21.3 Å². The van der Waals surface area contributed by atoms with Crippen LogP contribution < -0.4 is 9.47 Å². The molecule has 0 N–H and O–H groups in total. The van der Waals surface area contributed by atoms with E-state index in [0.29, 0.717) is 17.4 Å². The lowest BCUT2D eigenvalue weighted by atomic mass is 10.1. The van der Waals surface area contributed by atoms with Crippen molar-refractivity contribution >= 4 is 21.4 Å². The second kappa shape index (κ2) is 6.49. The topological polar surface area (TPSA) is 57.1 Å². The molecule has 0 unspecified atom stereocenters. The largest absolute Gasteiger partial charge is 0.496 e. The van der Waals surface area contributed by atoms with Gasteiger partial charge in [0.15, 0.2) is 0 Å². The molecule has 0 bridgehead atoms. The molecule has 0 aliphatic carbocycles. The molecule has 4 aromatic rings. The van der Waals surface area contributed by atoms with E-state index in [9.17, 15) is 0 Å². The zero-order valence-corrected chi connectivity index (χ0v) is 14.6. The number of ether oxygens (including phenoxy) is 2. The molecule has 0 atom stereocenters. The molecule has 3 aromatic heterocycles. The highest BCUT2D eigenvalue weighted by Gasteiger charge is 2.13. The highest BCUT2D eigenvalue weighted by Crippen LogP contribution is 2.36. The van der Waals surface area contributed by atoms with Crippen molar-refractivity contribution in [1.29, 1.82) is 0 Å². The smallest absolute Gasteiger partial charge is 0.237 e. The average molecular weight is 349 g/mol. The van der Waals surface area contributed by atoms with Crippen LogP contribution in [0.1, 0.15) is 5.69 Å². The molecule has 4 rings (SSSR count). The van der Waals surface area contributed by atoms with E-state index in [2.05, 4.69) is 21.0 Å². The third kappa shape index (κ3) is 2.92. The first-order valence-electron chi connectivity index (χ1n) is 7.72. The van der Waals surface area contributed by atoms with E-state index in [1.165, 1.54) is 0 Å². The first-order chi connectivity index (χ1) is 12.3. The molecule has 0 fully saturated rings. The Kier molecular flexibility index (Phi) is 4.03. The second-order valence-electron chi connectivity index (χ2n) is 5.41. The van der Waals surface area contributed by atoms with Crippen LogP contribution in [-0.2, 0) is 0 Å². The average Bonchev–Trinajstić information content (AvgIpc) is 3.12. The molecule has 0 amide bonds. The Bertz CT molecular complexity index is 1050. The summed E-state index contributed by atoms with van der Waals surface area (Å²) in [5.74, 6) is 1.94. The van der Waals surface area contributed by atoms with E-state index in [4.69, 9.17) is 9.47 Å². The fourth-order valence-electron chi connectivity index (χ4n) is 2.66. The van der Waals surface area contributed by atoms with Gasteiger partial charge in [0, 0.05) is 30.2 Å². The van der Waals surface area contributed by atoms with Gasteiger partial charge in [0.25, 0.3) is 0 Å². The van der Waals surface area contributed by atoms with Crippen LogP contribution in [-0.4, -0.2) is 22.1 Å². The van der Waals surface area contributed by atoms with Crippen LogP contribution in [0.4, 0.5) is 0 Å². The van der Waals surface area contributed by atoms with Crippen LogP contribution >= 0.6 is 11.3 Å². The number of hydrogen-bond acceptors (Lipinski definition) is 6. The number of benzene rings is 1. The SMILES string of the molecule is COc1cc(Oc2nccc3ccsc23)ccc1-c1nccnc1C. The summed E-state index contributed by atoms with van der Waals surface area (Å²) in [6.45, 7) is 1.92. The lowest BCUT2D eigenvalue weighted by Gasteiger charge is -2.12. The van der Waals surface area contributed by atoms with Gasteiger partial charge < -0.3 is 9.47 Å². The zero-order chi connectivity index (χ0) is 17.2. The van der Waals surface area contributed by atoms with E-state index in [0.717, 1.165) is 27.0 Å². The zero-order valence-electron chi connectivity index (χ0n) is 13.8. The Balaban J connectivity index is 1.73. The Morgan fingerprint density at radius 1 is 0.960 bits per heavy atom. The quantitative estimate of drug-likeness (QED) is 0.526. The number of rotatable bonds is 4. The van der Waals surface area contributed by atoms with E-state index in [1.807, 2.05) is 36.6 Å². The Morgan fingerprint density at radius 3 is 2.68 bits per heavy atom. The predicted molar refractivity (Wildman–Crippen MR) is 98.5 cm³/mol. The molecule has 0 aliphatic heterocycles. The number of thiophene rings is 1. The van der Waals surface area contributed by atoms with Gasteiger partial charge >= 0.3 is 0 Å². The Hall–Kier alpha value is -2.99. The molecule has 6 heteroatoms. The van der Waals surface area contributed by atoms with Crippen molar-refractivity contribution in [2.45, 2.75) is 6.92 Å². The molecule has 0 aliphatic rings. The van der Waals surface area contributed by atoms with Gasteiger partial charge in [-0.3, -0.25) is 9.97 Å². The molecule has 25 heavy (non-hydrogen) atoms. The highest BCUT2D eigenvalue weighted by atomic mass is 32.1. The molecule has 0 spiro atoms. The van der Waals surface area contributed by atoms with Crippen molar-refractivity contribution in [3.8, 4) is 28.6 Å². The number of pyridine rings is 1. The van der Waals surface area contributed by atoms with E-state index in [-0.39, 0.29) is 0 Å². The minimum atomic E-state index is 0.595. The number of hydrogen-bond donors (Lipinski definition) is 0. The summed E-state index contributed by atoms with van der Waals surface area (Å²) >= 11 is 1.61. The maximum Gasteiger partial charge on any atom is 0.237 e. The van der Waals surface area contributed by atoms with Crippen molar-refractivity contribution in [3.05, 3.63) is 60.0 Å². The van der Waals surface area contributed by atoms with Crippen LogP contribution in [0.2, 0.25) is 0 Å². The van der Waals surface area contributed by atoms with Crippen LogP contribution in [0.3, 0.4) is 0 Å². The van der Waals surface area contributed by atoms with Crippen LogP contribution in [0.15, 0.2) is 54.3 Å². The lowest BCUT2D eigenvalue weighted by Crippen LogP contribution is -1.95. The highest BCUT2D eigenvalue weighted by molar-refractivity contribution is 7.17. The minimum Gasteiger partial charge on any atom is -0.496 e. The van der Waals surface area contributed by atoms with Gasteiger partial charge in [-0.2, -0.15) is 0 Å². The predicted octanol–water partition coefficient (Wildman–Crippen LogP) is 4.86. The summed E-state index contributed by atoms with van der Waals surface area (Å²) in [4.78, 5) is 13.1. The maximum atomic E-state index is 6.00. The maximum absolute atomic E-state index is 6.00. The number of nitrogens with zero attached hydrogens (tertiary/aromatic N) is 3. The molecule has 1 aromatic carbocycles. The van der Waals surface area contributed by atoms with Crippen LogP contribution in [0.5, 0.6) is 17.4 Å². The molecule has 5 nitrogen and oxygen atoms in total. The molecule has 0 saturated heterocycles. The summed E-state index contributed by atoms with van der Waals surface area (Å²) in [6, 6.07) is 9.69. The number of aromatic nitrogens is 3. The van der Waals surface area contributed by atoms with Crippen molar-refractivity contribution < 1.29 is 9.47 Å². The Labute approximate surface area is 148 Å². The summed E-state index contributed by atoms with van der Waals surface area (Å²) in [5, 5.41) is 3.15. The number of fused-ring (bicyclic) bond motifs is 1. The van der Waals surface area contributed by atoms with Gasteiger partial charge in [0.2, 0.25) is 5.88 Å². The minimum absolute atomic E-state index is 0.595. The van der Waals surface area contributed by atoms with Crippen LogP contribution in [0, 0.1) is 6.92 Å². The summed E-state index contributed by atoms with van der Waals surface area (Å²) in [6.07, 6.45) is 5.10. The monoisotopic (exact) mass is 349 g/mol. The molecular formula is C19H15N3O2S. The van der Waals surface area contributed by atoms with Gasteiger partial charge in [0.05, 0.1) is 23.2 Å². The molecule has 0 saturated carbocycles. The molecule has 3 heterocycles. The standard InChI is InChI=1S/C19H15N3O2S/c1-12-17(21-9-8-20-12)15-4-3-14(11-16(15)23-2)24-19-18-13(5-7-22-19)6-10-25-18/h3-11H,1-2H3. The Morgan fingerprint density at radius 2 is 1.84 bits per heavy atom. The normalized spacial score (nSPS) is 10.8. The first kappa shape index (κ1) is 15.5. The van der Waals surface area contributed by atoms with Gasteiger partial charge in [-0.1, -0.05) is 0 Å². The van der Waals surface area contributed by atoms with Gasteiger partial charge in [-0.25, -0.2) is 4.98 Å². The molecule has 124 valence electrons. The van der Waals surface area contributed by atoms with Gasteiger partial charge in [-0.05, 0) is 42.0 Å². The third-order valence-electron chi connectivity index (χ3n) is 3.86. The summed E-state index contributed by atoms with van der Waals surface area (Å²) < 4.78 is 12.6. The number of aryl methyl sites for hydroxylation is 1. The van der Waals surface area contributed by atoms with Gasteiger partial charge in [0.1, 0.15) is 11.5 Å². The third-order valence-corrected chi connectivity index (χ3v) is 4.78. The lowest BCUT2D eigenvalue weighted by molar-refractivity contribution is 0.409. The fourth-order valence-corrected chi connectivity index (χ4v) is 3.47. The van der Waals surface area contributed by atoms with Crippen molar-refractivity contribution in [3.63, 3.8) is 0 Å². The second-order valence-corrected chi connectivity index (χ2v) is 6.33. The first-order valence-corrected chi connectivity index (χ1v) is 8.60. The summed E-state index contributed by atoms with van der Waals surface area (Å²) in [7, 11) is 1.63.